The summed E-state index contributed by atoms with van der Waals surface area (Å²) < 4.78 is 46.0. The number of hydrogen-bond acceptors (Lipinski definition) is 10. The molecule has 0 aromatic rings. The monoisotopic (exact) mass is 820 g/mol. The largest absolute Gasteiger partial charge is 0.758 e. The van der Waals surface area contributed by atoms with Crippen LogP contribution in [0.3, 0.4) is 0 Å². The molecule has 2 rings (SSSR count). The minimum absolute atomic E-state index is 0. The summed E-state index contributed by atoms with van der Waals surface area (Å²) in [6, 6.07) is -0.727. The van der Waals surface area contributed by atoms with E-state index in [1.165, 1.54) is 0 Å². The molecule has 8 atom stereocenters. The third-order valence-electron chi connectivity index (χ3n) is 5.17. The van der Waals surface area contributed by atoms with Crippen molar-refractivity contribution in [2.75, 3.05) is 13.2 Å². The van der Waals surface area contributed by atoms with Gasteiger partial charge in [-0.05, 0) is 54.1 Å². The SMILES string of the molecule is CC(C)OC[C@@]1(CN)O[C@@H](C)[C@@H](N)C1OP(=O)([O-])O[CH-][C@H]1O[C@@H](C)CC1OC(C)C.[W].[W]. The number of phosphoric acid groups is 1. The van der Waals surface area contributed by atoms with Crippen molar-refractivity contribution in [3.63, 3.8) is 0 Å². The Hall–Kier alpha value is 1.25. The number of phosphoric ester groups is 1. The normalized spacial score (nSPS) is 36.7. The summed E-state index contributed by atoms with van der Waals surface area (Å²) in [6.45, 7) is 12.2. The van der Waals surface area contributed by atoms with Crippen molar-refractivity contribution in [3.8, 4) is 0 Å². The minimum Gasteiger partial charge on any atom is -0.758 e. The summed E-state index contributed by atoms with van der Waals surface area (Å²) in [6.07, 6.45) is -2.05. The van der Waals surface area contributed by atoms with E-state index in [9.17, 15) is 9.46 Å². The van der Waals surface area contributed by atoms with Crippen molar-refractivity contribution >= 4 is 7.82 Å². The molecule has 0 spiro atoms. The molecule has 0 aliphatic carbocycles. The first-order valence-electron chi connectivity index (χ1n) is 10.5. The molecule has 2 saturated heterocycles. The summed E-state index contributed by atoms with van der Waals surface area (Å²) in [5.74, 6) is 0. The van der Waals surface area contributed by atoms with E-state index in [1.54, 1.807) is 6.92 Å². The minimum atomic E-state index is -4.79. The Balaban J connectivity index is 0.00000480. The van der Waals surface area contributed by atoms with Gasteiger partial charge in [0.2, 0.25) is 7.82 Å². The average molecular weight is 820 g/mol. The maximum atomic E-state index is 12.6. The van der Waals surface area contributed by atoms with E-state index in [-0.39, 0.29) is 79.7 Å². The van der Waals surface area contributed by atoms with Gasteiger partial charge in [0.1, 0.15) is 11.7 Å². The molecule has 0 bridgehead atoms. The molecule has 0 saturated carbocycles. The van der Waals surface area contributed by atoms with Crippen LogP contribution in [-0.4, -0.2) is 67.5 Å². The van der Waals surface area contributed by atoms with E-state index in [4.69, 9.17) is 39.5 Å². The van der Waals surface area contributed by atoms with Gasteiger partial charge in [0, 0.05) is 48.7 Å². The van der Waals surface area contributed by atoms with Crippen LogP contribution in [0.4, 0.5) is 0 Å². The van der Waals surface area contributed by atoms with E-state index in [2.05, 4.69) is 0 Å². The van der Waals surface area contributed by atoms with Gasteiger partial charge in [-0.25, -0.2) is 0 Å². The number of ether oxygens (including phenoxy) is 4. The van der Waals surface area contributed by atoms with E-state index in [0.717, 1.165) is 6.61 Å². The van der Waals surface area contributed by atoms with Crippen LogP contribution in [-0.2, 0) is 74.7 Å². The van der Waals surface area contributed by atoms with Gasteiger partial charge in [0.15, 0.2) is 0 Å². The van der Waals surface area contributed by atoms with Crippen LogP contribution in [0.15, 0.2) is 0 Å². The second kappa shape index (κ2) is 14.1. The van der Waals surface area contributed by atoms with E-state index in [0.29, 0.717) is 6.42 Å². The fourth-order valence-electron chi connectivity index (χ4n) is 3.70. The Morgan fingerprint density at radius 2 is 1.84 bits per heavy atom. The van der Waals surface area contributed by atoms with E-state index < -0.39 is 37.8 Å². The fourth-order valence-corrected chi connectivity index (χ4v) is 4.63. The Bertz CT molecular complexity index is 606. The van der Waals surface area contributed by atoms with Crippen LogP contribution in [0.5, 0.6) is 0 Å². The van der Waals surface area contributed by atoms with Gasteiger partial charge < -0.3 is 44.4 Å². The predicted octanol–water partition coefficient (Wildman–Crippen LogP) is 0.853. The first-order valence-corrected chi connectivity index (χ1v) is 11.9. The Morgan fingerprint density at radius 1 is 1.22 bits per heavy atom. The molecular weight excluding hydrogens is 783 g/mol. The summed E-state index contributed by atoms with van der Waals surface area (Å²) in [7, 11) is -4.79. The van der Waals surface area contributed by atoms with Crippen LogP contribution < -0.4 is 16.4 Å². The zero-order valence-electron chi connectivity index (χ0n) is 19.5. The molecule has 10 nitrogen and oxygen atoms in total. The third-order valence-corrected chi connectivity index (χ3v) is 6.04. The molecule has 4 N–H and O–H groups in total. The van der Waals surface area contributed by atoms with Crippen LogP contribution >= 0.6 is 7.82 Å². The van der Waals surface area contributed by atoms with Crippen molar-refractivity contribution < 1.29 is 79.6 Å². The van der Waals surface area contributed by atoms with Crippen molar-refractivity contribution in [2.45, 2.75) is 102 Å². The van der Waals surface area contributed by atoms with Gasteiger partial charge in [0.05, 0.1) is 43.2 Å². The van der Waals surface area contributed by atoms with E-state index >= 15 is 0 Å². The Morgan fingerprint density at radius 3 is 2.38 bits per heavy atom. The second-order valence-electron chi connectivity index (χ2n) is 8.61. The Kier molecular flexibility index (Phi) is 14.7. The molecular formula is C19H37N2O8PW2-2. The number of nitrogens with two attached hydrogens (primary N) is 2. The van der Waals surface area contributed by atoms with Gasteiger partial charge >= 0.3 is 0 Å². The van der Waals surface area contributed by atoms with Crippen molar-refractivity contribution in [2.24, 2.45) is 11.5 Å². The fraction of sp³-hybridized carbons (Fsp3) is 0.947. The molecule has 2 heterocycles. The number of hydrogen-bond donors (Lipinski definition) is 2. The summed E-state index contributed by atoms with van der Waals surface area (Å²) in [5, 5.41) is 0. The maximum Gasteiger partial charge on any atom is 0.237 e. The van der Waals surface area contributed by atoms with Crippen LogP contribution in [0.1, 0.15) is 48.0 Å². The van der Waals surface area contributed by atoms with E-state index in [1.807, 2.05) is 34.6 Å². The Labute approximate surface area is 220 Å². The van der Waals surface area contributed by atoms with Gasteiger partial charge in [-0.1, -0.05) is 0 Å². The standard InChI is InChI=1S/C19H38N2O8P.2W/c1-11(2)24-10-19(9-20)18(17(21)14(6)28-19)29-30(22,23)25-8-16-15(26-12(3)4)7-13(5)27-16;;/h8,11-18H,7,9-10,20-21H2,1-6H3,(H,22,23);;/q-1;;/p-1/t13-,14-,15?,16+,17+,18?,19+;;/m0../s1. The molecule has 13 heteroatoms. The van der Waals surface area contributed by atoms with Crippen molar-refractivity contribution in [3.05, 3.63) is 6.61 Å². The maximum absolute atomic E-state index is 12.6. The van der Waals surface area contributed by atoms with Gasteiger partial charge in [-0.3, -0.25) is 4.57 Å². The van der Waals surface area contributed by atoms with Gasteiger partial charge in [-0.15, -0.1) is 0 Å². The van der Waals surface area contributed by atoms with Crippen LogP contribution in [0.2, 0.25) is 0 Å². The molecule has 32 heavy (non-hydrogen) atoms. The zero-order chi connectivity index (χ0) is 22.7. The molecule has 2 aliphatic heterocycles. The number of rotatable bonds is 11. The van der Waals surface area contributed by atoms with Crippen molar-refractivity contribution in [1.82, 2.24) is 0 Å². The molecule has 0 aromatic heterocycles. The molecule has 3 unspecified atom stereocenters. The summed E-state index contributed by atoms with van der Waals surface area (Å²) in [5.41, 5.74) is 10.9. The van der Waals surface area contributed by atoms with Crippen LogP contribution in [0.25, 0.3) is 0 Å². The van der Waals surface area contributed by atoms with Gasteiger partial charge in [-0.2, -0.15) is 6.61 Å². The zero-order valence-corrected chi connectivity index (χ0v) is 26.3. The van der Waals surface area contributed by atoms with Crippen molar-refractivity contribution in [1.29, 1.82) is 0 Å². The quantitative estimate of drug-likeness (QED) is 0.227. The predicted molar refractivity (Wildman–Crippen MR) is 108 cm³/mol. The smallest absolute Gasteiger partial charge is 0.237 e. The molecule has 190 valence electrons. The summed E-state index contributed by atoms with van der Waals surface area (Å²) in [4.78, 5) is 12.6. The summed E-state index contributed by atoms with van der Waals surface area (Å²) >= 11 is 0. The topological polar surface area (TPSA) is 148 Å². The molecule has 2 aliphatic rings. The first kappa shape index (κ1) is 33.2. The third kappa shape index (κ3) is 9.04. The molecule has 0 radical (unpaired) electrons. The molecule has 0 aromatic carbocycles. The van der Waals surface area contributed by atoms with Gasteiger partial charge in [0.25, 0.3) is 0 Å². The molecule has 0 amide bonds. The van der Waals surface area contributed by atoms with Crippen LogP contribution in [0, 0.1) is 6.61 Å². The average Bonchev–Trinajstić information content (AvgIpc) is 3.09. The first-order chi connectivity index (χ1) is 13.9. The second-order valence-corrected chi connectivity index (χ2v) is 9.93. The molecule has 2 fully saturated rings.